The van der Waals surface area contributed by atoms with Crippen molar-refractivity contribution in [2.45, 2.75) is 26.2 Å². The maximum Gasteiger partial charge on any atom is 0.234 e. The van der Waals surface area contributed by atoms with E-state index in [1.165, 1.54) is 31.0 Å². The number of nitrogens with one attached hydrogen (secondary N) is 1. The number of carbonyl (C=O) groups excluding carboxylic acids is 1. The monoisotopic (exact) mass is 270 g/mol. The molecule has 0 heterocycles. The standard InChI is InChI=1S/C13H19FN2OS/c1-2-3-4-7-18-9-13(17)16-12-8-10(14)5-6-11(12)15/h5-6,8H,2-4,7,9,15H2,1H3,(H,16,17). The van der Waals surface area contributed by atoms with Crippen LogP contribution in [0.3, 0.4) is 0 Å². The van der Waals surface area contributed by atoms with Crippen LogP contribution in [0.2, 0.25) is 0 Å². The van der Waals surface area contributed by atoms with Gasteiger partial charge in [-0.2, -0.15) is 11.8 Å². The van der Waals surface area contributed by atoms with Crippen LogP contribution in [0.15, 0.2) is 18.2 Å². The smallest absolute Gasteiger partial charge is 0.234 e. The molecule has 0 radical (unpaired) electrons. The number of thioether (sulfide) groups is 1. The summed E-state index contributed by atoms with van der Waals surface area (Å²) in [4.78, 5) is 11.6. The van der Waals surface area contributed by atoms with Crippen molar-refractivity contribution in [2.75, 3.05) is 22.6 Å². The Morgan fingerprint density at radius 1 is 1.44 bits per heavy atom. The molecule has 0 saturated carbocycles. The fourth-order valence-corrected chi connectivity index (χ4v) is 2.25. The van der Waals surface area contributed by atoms with Gasteiger partial charge in [0, 0.05) is 0 Å². The summed E-state index contributed by atoms with van der Waals surface area (Å²) in [6.45, 7) is 2.14. The van der Waals surface area contributed by atoms with E-state index >= 15 is 0 Å². The van der Waals surface area contributed by atoms with Crippen molar-refractivity contribution in [3.05, 3.63) is 24.0 Å². The van der Waals surface area contributed by atoms with Gasteiger partial charge in [0.25, 0.3) is 0 Å². The molecule has 3 nitrogen and oxygen atoms in total. The van der Waals surface area contributed by atoms with Crippen molar-refractivity contribution in [1.82, 2.24) is 0 Å². The van der Waals surface area contributed by atoms with E-state index in [9.17, 15) is 9.18 Å². The molecule has 5 heteroatoms. The second-order valence-corrected chi connectivity index (χ2v) is 5.14. The number of hydrogen-bond acceptors (Lipinski definition) is 3. The molecule has 0 aliphatic carbocycles. The molecule has 0 atom stereocenters. The summed E-state index contributed by atoms with van der Waals surface area (Å²) in [6, 6.07) is 3.94. The molecular weight excluding hydrogens is 251 g/mol. The Hall–Kier alpha value is -1.23. The van der Waals surface area contributed by atoms with Gasteiger partial charge in [-0.15, -0.1) is 0 Å². The second-order valence-electron chi connectivity index (χ2n) is 4.04. The number of amides is 1. The molecule has 1 aromatic rings. The van der Waals surface area contributed by atoms with Crippen molar-refractivity contribution in [3.63, 3.8) is 0 Å². The first kappa shape index (κ1) is 14.8. The molecule has 3 N–H and O–H groups in total. The van der Waals surface area contributed by atoms with Crippen molar-refractivity contribution < 1.29 is 9.18 Å². The van der Waals surface area contributed by atoms with E-state index in [1.807, 2.05) is 0 Å². The first-order valence-electron chi connectivity index (χ1n) is 6.06. The highest BCUT2D eigenvalue weighted by Gasteiger charge is 2.06. The summed E-state index contributed by atoms with van der Waals surface area (Å²) in [7, 11) is 0. The molecule has 0 spiro atoms. The minimum atomic E-state index is -0.407. The second kappa shape index (κ2) is 7.97. The molecule has 18 heavy (non-hydrogen) atoms. The predicted molar refractivity (Wildman–Crippen MR) is 76.3 cm³/mol. The van der Waals surface area contributed by atoms with E-state index < -0.39 is 5.82 Å². The van der Waals surface area contributed by atoms with Crippen LogP contribution in [0.1, 0.15) is 26.2 Å². The van der Waals surface area contributed by atoms with Crippen LogP contribution in [0, 0.1) is 5.82 Å². The zero-order chi connectivity index (χ0) is 13.4. The number of nitrogen functional groups attached to an aromatic ring is 1. The molecule has 0 aliphatic rings. The van der Waals surface area contributed by atoms with Crippen LogP contribution in [-0.2, 0) is 4.79 Å². The van der Waals surface area contributed by atoms with Crippen LogP contribution in [0.25, 0.3) is 0 Å². The molecule has 100 valence electrons. The molecule has 0 bridgehead atoms. The largest absolute Gasteiger partial charge is 0.397 e. The van der Waals surface area contributed by atoms with Gasteiger partial charge >= 0.3 is 0 Å². The van der Waals surface area contributed by atoms with Crippen molar-refractivity contribution in [3.8, 4) is 0 Å². The molecule has 0 aliphatic heterocycles. The Labute approximate surface area is 111 Å². The minimum absolute atomic E-state index is 0.145. The summed E-state index contributed by atoms with van der Waals surface area (Å²) in [6.07, 6.45) is 3.48. The molecular formula is C13H19FN2OS. The molecule has 1 aromatic carbocycles. The van der Waals surface area contributed by atoms with Gasteiger partial charge in [-0.25, -0.2) is 4.39 Å². The molecule has 0 saturated heterocycles. The van der Waals surface area contributed by atoms with Crippen molar-refractivity contribution in [1.29, 1.82) is 0 Å². The summed E-state index contributed by atoms with van der Waals surface area (Å²) < 4.78 is 13.0. The predicted octanol–water partition coefficient (Wildman–Crippen LogP) is 3.27. The van der Waals surface area contributed by atoms with E-state index in [4.69, 9.17) is 5.73 Å². The van der Waals surface area contributed by atoms with Crippen LogP contribution in [0.4, 0.5) is 15.8 Å². The summed E-state index contributed by atoms with van der Waals surface area (Å²) in [5.41, 5.74) is 6.36. The van der Waals surface area contributed by atoms with Gasteiger partial charge in [-0.3, -0.25) is 4.79 Å². The molecule has 1 amide bonds. The molecule has 1 rings (SSSR count). The highest BCUT2D eigenvalue weighted by atomic mass is 32.2. The third-order valence-electron chi connectivity index (χ3n) is 2.41. The maximum absolute atomic E-state index is 13.0. The fourth-order valence-electron chi connectivity index (χ4n) is 1.44. The van der Waals surface area contributed by atoms with Gasteiger partial charge in [0.2, 0.25) is 5.91 Å². The zero-order valence-corrected chi connectivity index (χ0v) is 11.4. The maximum atomic E-state index is 13.0. The number of benzene rings is 1. The molecule has 0 aromatic heterocycles. The quantitative estimate of drug-likeness (QED) is 0.590. The Kier molecular flexibility index (Phi) is 6.57. The summed E-state index contributed by atoms with van der Waals surface area (Å²) in [5, 5.41) is 2.62. The first-order valence-corrected chi connectivity index (χ1v) is 7.21. The Morgan fingerprint density at radius 3 is 2.94 bits per heavy atom. The normalized spacial score (nSPS) is 10.3. The Morgan fingerprint density at radius 2 is 2.22 bits per heavy atom. The fraction of sp³-hybridized carbons (Fsp3) is 0.462. The molecule has 0 unspecified atom stereocenters. The van der Waals surface area contributed by atoms with Crippen molar-refractivity contribution in [2.24, 2.45) is 0 Å². The number of rotatable bonds is 7. The van der Waals surface area contributed by atoms with Crippen molar-refractivity contribution >= 4 is 29.0 Å². The highest BCUT2D eigenvalue weighted by molar-refractivity contribution is 7.99. The first-order chi connectivity index (χ1) is 8.63. The summed E-state index contributed by atoms with van der Waals surface area (Å²) in [5.74, 6) is 0.795. The Bertz CT molecular complexity index is 399. The van der Waals surface area contributed by atoms with Crippen LogP contribution >= 0.6 is 11.8 Å². The summed E-state index contributed by atoms with van der Waals surface area (Å²) >= 11 is 1.58. The van der Waals surface area contributed by atoms with Gasteiger partial charge in [-0.1, -0.05) is 19.8 Å². The SMILES string of the molecule is CCCCCSCC(=O)Nc1cc(F)ccc1N. The topological polar surface area (TPSA) is 55.1 Å². The van der Waals surface area contributed by atoms with E-state index in [1.54, 1.807) is 11.8 Å². The lowest BCUT2D eigenvalue weighted by atomic mass is 10.2. The molecule has 0 fully saturated rings. The van der Waals surface area contributed by atoms with Gasteiger partial charge < -0.3 is 11.1 Å². The van der Waals surface area contributed by atoms with Gasteiger partial charge in [0.1, 0.15) is 5.82 Å². The lowest BCUT2D eigenvalue weighted by Crippen LogP contribution is -2.15. The number of hydrogen-bond donors (Lipinski definition) is 2. The number of unbranched alkanes of at least 4 members (excludes halogenated alkanes) is 2. The third-order valence-corrected chi connectivity index (χ3v) is 3.46. The average Bonchev–Trinajstić information content (AvgIpc) is 2.33. The van der Waals surface area contributed by atoms with E-state index in [0.29, 0.717) is 17.1 Å². The lowest BCUT2D eigenvalue weighted by molar-refractivity contribution is -0.113. The number of anilines is 2. The van der Waals surface area contributed by atoms with Gasteiger partial charge in [0.05, 0.1) is 17.1 Å². The van der Waals surface area contributed by atoms with E-state index in [-0.39, 0.29) is 5.91 Å². The zero-order valence-electron chi connectivity index (χ0n) is 10.5. The van der Waals surface area contributed by atoms with E-state index in [2.05, 4.69) is 12.2 Å². The van der Waals surface area contributed by atoms with Crippen LogP contribution in [-0.4, -0.2) is 17.4 Å². The lowest BCUT2D eigenvalue weighted by Gasteiger charge is -2.08. The Balaban J connectivity index is 2.33. The number of halogens is 1. The average molecular weight is 270 g/mol. The van der Waals surface area contributed by atoms with Crippen LogP contribution < -0.4 is 11.1 Å². The van der Waals surface area contributed by atoms with Gasteiger partial charge in [0.15, 0.2) is 0 Å². The van der Waals surface area contributed by atoms with Crippen LogP contribution in [0.5, 0.6) is 0 Å². The number of nitrogens with two attached hydrogens (primary N) is 1. The van der Waals surface area contributed by atoms with E-state index in [0.717, 1.165) is 12.2 Å². The third kappa shape index (κ3) is 5.40. The van der Waals surface area contributed by atoms with Gasteiger partial charge in [-0.05, 0) is 30.4 Å². The highest BCUT2D eigenvalue weighted by Crippen LogP contribution is 2.19. The minimum Gasteiger partial charge on any atom is -0.397 e. The number of carbonyl (C=O) groups is 1.